The first-order valence-corrected chi connectivity index (χ1v) is 33.7. The Morgan fingerprint density at radius 2 is 0.360 bits per heavy atom. The average molecular weight is 1430 g/mol. The van der Waals surface area contributed by atoms with E-state index in [-0.39, 0.29) is 123 Å². The highest BCUT2D eigenvalue weighted by Gasteiger charge is 2.37. The van der Waals surface area contributed by atoms with Crippen LogP contribution in [-0.4, -0.2) is 231 Å². The normalized spacial score (nSPS) is 14.3. The minimum atomic E-state index is -1.84. The van der Waals surface area contributed by atoms with Gasteiger partial charge in [-0.25, -0.2) is 4.79 Å². The number of carbonyl (C=O) groups is 16. The maximum absolute atomic E-state index is 14.4. The lowest BCUT2D eigenvalue weighted by Crippen LogP contribution is -2.60. The van der Waals surface area contributed by atoms with Crippen molar-refractivity contribution in [3.8, 4) is 0 Å². The first-order chi connectivity index (χ1) is 47.4. The minimum absolute atomic E-state index is 0.0683. The number of hydrogen-bond donors (Lipinski definition) is 23. The van der Waals surface area contributed by atoms with Crippen molar-refractivity contribution >= 4 is 94.9 Å². The molecule has 0 heterocycles. The summed E-state index contributed by atoms with van der Waals surface area (Å²) in [6, 6.07) is -17.7. The molecule has 0 fully saturated rings. The number of rotatable bonds is 60. The molecule has 0 saturated carbocycles. The molecule has 0 rings (SSSR count). The fourth-order valence-electron chi connectivity index (χ4n) is 9.85. The van der Waals surface area contributed by atoms with Gasteiger partial charge in [0.05, 0.1) is 6.04 Å². The Morgan fingerprint density at radius 3 is 0.530 bits per heavy atom. The van der Waals surface area contributed by atoms with Gasteiger partial charge in [-0.2, -0.15) is 0 Å². The van der Waals surface area contributed by atoms with Gasteiger partial charge in [0.15, 0.2) is 0 Å². The van der Waals surface area contributed by atoms with Gasteiger partial charge in [-0.05, 0) is 181 Å². The Morgan fingerprint density at radius 1 is 0.210 bits per heavy atom. The van der Waals surface area contributed by atoms with E-state index in [1.807, 2.05) is 0 Å². The smallest absolute Gasteiger partial charge is 0.326 e. The number of carboxylic acid groups (broad SMARTS) is 6. The van der Waals surface area contributed by atoms with Crippen molar-refractivity contribution < 1.29 is 107 Å². The summed E-state index contributed by atoms with van der Waals surface area (Å²) in [5.74, 6) is -19.4. The molecule has 0 saturated heterocycles. The second kappa shape index (κ2) is 53.2. The second-order valence-electron chi connectivity index (χ2n) is 23.9. The molecular formula is C61H109N17O22. The summed E-state index contributed by atoms with van der Waals surface area (Å²) in [4.78, 5) is 212. The highest BCUT2D eigenvalue weighted by molar-refractivity contribution is 5.99. The van der Waals surface area contributed by atoms with Crippen LogP contribution in [-0.2, 0) is 76.7 Å². The third kappa shape index (κ3) is 41.0. The van der Waals surface area contributed by atoms with Gasteiger partial charge in [0.2, 0.25) is 59.1 Å². The molecule has 39 heteroatoms. The van der Waals surface area contributed by atoms with Gasteiger partial charge in [-0.15, -0.1) is 0 Å². The lowest BCUT2D eigenvalue weighted by Gasteiger charge is -2.28. The standard InChI is InChI=1S/C61H109N17O22/c62-29-7-1-13-35(68)51(89)69-40(19-24-46(79)80)56(94)70-36(14-2-8-30-63)52(90)74-41(20-25-47(81)82)57(95)71-37(15-3-9-31-64)53(91)75-42(21-26-48(83)84)58(96)72-38(16-4-10-32-65)54(92)76-43(22-27-49(85)86)59(97)73-39(17-5-11-33-66)55(93)77-44(23-28-50(87)88)60(98)78-45(61(99)100)18-6-12-34-67/h35-45H,1-34,62-68H2,(H,69,89)(H,70,94)(H,71,95)(H,72,96)(H,73,97)(H,74,90)(H,75,91)(H,76,92)(H,77,93)(H,78,98)(H,79,80)(H,81,82)(H,83,84)(H,85,86)(H,87,88)(H,99,100)/t35-,36-,37-,38-,39-,40-,41-,42-,43-,44-,45-/m0/s1. The lowest BCUT2D eigenvalue weighted by atomic mass is 10.0. The summed E-state index contributed by atoms with van der Waals surface area (Å²) < 4.78 is 0. The van der Waals surface area contributed by atoms with Crippen molar-refractivity contribution in [3.05, 3.63) is 0 Å². The molecule has 11 atom stereocenters. The van der Waals surface area contributed by atoms with E-state index in [2.05, 4.69) is 53.2 Å². The topological polar surface area (TPSA) is 697 Å². The number of unbranched alkanes of at least 4 members (excludes halogenated alkanes) is 6. The highest BCUT2D eigenvalue weighted by atomic mass is 16.4. The van der Waals surface area contributed by atoms with E-state index in [4.69, 9.17) is 40.1 Å². The zero-order valence-electron chi connectivity index (χ0n) is 56.6. The van der Waals surface area contributed by atoms with Crippen LogP contribution in [0.4, 0.5) is 0 Å². The van der Waals surface area contributed by atoms with Crippen molar-refractivity contribution in [3.63, 3.8) is 0 Å². The SMILES string of the molecule is NCCCC[C@H](NC(=O)[C@H](CCC(=O)O)NC(=O)[C@H](CCCCN)NC(=O)[C@H](CCC(=O)O)NC(=O)[C@H](CCCCN)NC(=O)[C@H](CCC(=O)O)NC(=O)[C@H](CCCCN)NC(=O)[C@H](CCC(=O)O)NC(=O)[C@H](CCCCN)NC(=O)[C@H](CCC(=O)O)NC(=O)[C@@H](N)CCCCN)C(=O)O. The fraction of sp³-hybridized carbons (Fsp3) is 0.738. The fourth-order valence-corrected chi connectivity index (χ4v) is 9.85. The maximum atomic E-state index is 14.4. The molecule has 0 aliphatic rings. The van der Waals surface area contributed by atoms with E-state index in [1.54, 1.807) is 0 Å². The van der Waals surface area contributed by atoms with Crippen LogP contribution in [0.25, 0.3) is 0 Å². The highest BCUT2D eigenvalue weighted by Crippen LogP contribution is 2.14. The summed E-state index contributed by atoms with van der Waals surface area (Å²) in [5, 5.41) is 81.9. The van der Waals surface area contributed by atoms with Gasteiger partial charge in [0.1, 0.15) is 60.4 Å². The number of amides is 10. The molecule has 0 aromatic rings. The molecule has 10 amide bonds. The molecule has 0 unspecified atom stereocenters. The van der Waals surface area contributed by atoms with E-state index in [0.717, 1.165) is 0 Å². The van der Waals surface area contributed by atoms with E-state index < -0.39 is 226 Å². The zero-order chi connectivity index (χ0) is 75.7. The van der Waals surface area contributed by atoms with Crippen LogP contribution in [0.2, 0.25) is 0 Å². The summed E-state index contributed by atoms with van der Waals surface area (Å²) >= 11 is 0. The predicted octanol–water partition coefficient (Wildman–Crippen LogP) is -5.66. The van der Waals surface area contributed by atoms with Crippen LogP contribution >= 0.6 is 0 Å². The summed E-state index contributed by atoms with van der Waals surface area (Å²) in [6.07, 6.45) is -4.05. The van der Waals surface area contributed by atoms with Crippen molar-refractivity contribution in [2.24, 2.45) is 40.1 Å². The van der Waals surface area contributed by atoms with Crippen molar-refractivity contribution in [1.29, 1.82) is 0 Å². The van der Waals surface area contributed by atoms with Crippen LogP contribution in [0.15, 0.2) is 0 Å². The molecule has 0 aromatic heterocycles. The van der Waals surface area contributed by atoms with E-state index >= 15 is 0 Å². The molecule has 0 aliphatic heterocycles. The van der Waals surface area contributed by atoms with Gasteiger partial charge in [0.25, 0.3) is 0 Å². The quantitative estimate of drug-likeness (QED) is 0.0252. The number of nitrogens with one attached hydrogen (secondary N) is 10. The van der Waals surface area contributed by atoms with Gasteiger partial charge in [-0.3, -0.25) is 71.9 Å². The number of aliphatic carboxylic acids is 6. The van der Waals surface area contributed by atoms with E-state index in [9.17, 15) is 107 Å². The summed E-state index contributed by atoms with van der Waals surface area (Å²) in [6.45, 7) is 0.920. The second-order valence-corrected chi connectivity index (χ2v) is 23.9. The van der Waals surface area contributed by atoms with E-state index in [0.29, 0.717) is 32.2 Å². The van der Waals surface area contributed by atoms with Crippen LogP contribution in [0.3, 0.4) is 0 Å². The third-order valence-electron chi connectivity index (χ3n) is 15.6. The molecule has 0 aliphatic carbocycles. The minimum Gasteiger partial charge on any atom is -0.481 e. The van der Waals surface area contributed by atoms with E-state index in [1.165, 1.54) is 0 Å². The zero-order valence-corrected chi connectivity index (χ0v) is 56.6. The van der Waals surface area contributed by atoms with Crippen LogP contribution in [0, 0.1) is 0 Å². The summed E-state index contributed by atoms with van der Waals surface area (Å²) in [5.41, 5.74) is 40.0. The van der Waals surface area contributed by atoms with Gasteiger partial charge in [0, 0.05) is 32.1 Å². The largest absolute Gasteiger partial charge is 0.481 e. The first kappa shape index (κ1) is 91.2. The molecule has 0 spiro atoms. The Hall–Kier alpha value is -8.76. The number of nitrogens with two attached hydrogens (primary N) is 7. The molecule has 30 N–H and O–H groups in total. The molecule has 0 aromatic carbocycles. The molecular weight excluding hydrogens is 1320 g/mol. The predicted molar refractivity (Wildman–Crippen MR) is 357 cm³/mol. The molecule has 570 valence electrons. The van der Waals surface area contributed by atoms with Gasteiger partial charge >= 0.3 is 35.8 Å². The molecule has 0 radical (unpaired) electrons. The van der Waals surface area contributed by atoms with Crippen LogP contribution < -0.4 is 93.3 Å². The Bertz CT molecular complexity index is 2640. The van der Waals surface area contributed by atoms with Crippen molar-refractivity contribution in [2.75, 3.05) is 39.3 Å². The Balaban J connectivity index is 7.33. The summed E-state index contributed by atoms with van der Waals surface area (Å²) in [7, 11) is 0. The molecule has 100 heavy (non-hydrogen) atoms. The molecule has 0 bridgehead atoms. The van der Waals surface area contributed by atoms with Crippen molar-refractivity contribution in [2.45, 2.75) is 246 Å². The molecule has 39 nitrogen and oxygen atoms in total. The third-order valence-corrected chi connectivity index (χ3v) is 15.6. The van der Waals surface area contributed by atoms with Gasteiger partial charge < -0.3 is 124 Å². The maximum Gasteiger partial charge on any atom is 0.326 e. The lowest BCUT2D eigenvalue weighted by molar-refractivity contribution is -0.143. The number of hydrogen-bond acceptors (Lipinski definition) is 23. The van der Waals surface area contributed by atoms with Crippen LogP contribution in [0.1, 0.15) is 180 Å². The van der Waals surface area contributed by atoms with Gasteiger partial charge in [-0.1, -0.05) is 6.42 Å². The first-order valence-electron chi connectivity index (χ1n) is 33.7. The number of carboxylic acids is 6. The number of carbonyl (C=O) groups excluding carboxylic acids is 10. The van der Waals surface area contributed by atoms with Crippen molar-refractivity contribution in [1.82, 2.24) is 53.2 Å². The van der Waals surface area contributed by atoms with Crippen LogP contribution in [0.5, 0.6) is 0 Å². The Labute approximate surface area is 579 Å². The Kier molecular flexibility index (Phi) is 48.5. The monoisotopic (exact) mass is 1430 g/mol. The average Bonchev–Trinajstić information content (AvgIpc) is 0.867.